The third kappa shape index (κ3) is 5.95. The van der Waals surface area contributed by atoms with Gasteiger partial charge in [0.25, 0.3) is 0 Å². The first-order chi connectivity index (χ1) is 7.83. The number of aliphatic hydroxyl groups is 1. The summed E-state index contributed by atoms with van der Waals surface area (Å²) in [6, 6.07) is 0.378. The molecule has 0 saturated heterocycles. The number of hydrogen-bond donors (Lipinski definition) is 3. The van der Waals surface area contributed by atoms with Crippen LogP contribution in [0.25, 0.3) is 0 Å². The molecule has 3 N–H and O–H groups in total. The zero-order valence-electron chi connectivity index (χ0n) is 10.0. The largest absolute Gasteiger partial charge is 0.396 e. The normalized spacial score (nSPS) is 16.3. The molecule has 1 aliphatic rings. The van der Waals surface area contributed by atoms with E-state index >= 15 is 0 Å². The number of carbonyl (C=O) groups excluding carboxylic acids is 1. The Bertz CT molecular complexity index is 191. The van der Waals surface area contributed by atoms with E-state index in [4.69, 9.17) is 5.11 Å². The molecule has 0 heterocycles. The van der Waals surface area contributed by atoms with Crippen molar-refractivity contribution in [1.82, 2.24) is 10.6 Å². The van der Waals surface area contributed by atoms with Crippen LogP contribution in [0.15, 0.2) is 0 Å². The van der Waals surface area contributed by atoms with Crippen LogP contribution < -0.4 is 10.6 Å². The summed E-state index contributed by atoms with van der Waals surface area (Å²) in [6.07, 6.45) is 8.73. The van der Waals surface area contributed by atoms with E-state index in [9.17, 15) is 4.79 Å². The highest BCUT2D eigenvalue weighted by molar-refractivity contribution is 5.74. The summed E-state index contributed by atoms with van der Waals surface area (Å²) in [5, 5.41) is 14.5. The van der Waals surface area contributed by atoms with E-state index in [1.54, 1.807) is 0 Å². The molecule has 0 aromatic carbocycles. The number of rotatable bonds is 7. The van der Waals surface area contributed by atoms with Gasteiger partial charge in [0, 0.05) is 19.2 Å². The van der Waals surface area contributed by atoms with E-state index < -0.39 is 0 Å². The van der Waals surface area contributed by atoms with Gasteiger partial charge in [-0.2, -0.15) is 0 Å². The van der Waals surface area contributed by atoms with E-state index in [0.717, 1.165) is 45.1 Å². The lowest BCUT2D eigenvalue weighted by molar-refractivity contribution is 0.236. The molecule has 0 aromatic rings. The van der Waals surface area contributed by atoms with Crippen molar-refractivity contribution in [2.75, 3.05) is 13.2 Å². The molecule has 0 bridgehead atoms. The van der Waals surface area contributed by atoms with Crippen LogP contribution in [0.4, 0.5) is 4.79 Å². The first kappa shape index (κ1) is 13.3. The minimum atomic E-state index is -0.0194. The van der Waals surface area contributed by atoms with Gasteiger partial charge in [-0.05, 0) is 25.7 Å². The molecule has 1 fully saturated rings. The van der Waals surface area contributed by atoms with Gasteiger partial charge in [0.05, 0.1) is 0 Å². The molecule has 4 nitrogen and oxygen atoms in total. The van der Waals surface area contributed by atoms with Crippen LogP contribution in [0, 0.1) is 0 Å². The molecule has 94 valence electrons. The highest BCUT2D eigenvalue weighted by Gasteiger charge is 2.16. The van der Waals surface area contributed by atoms with Crippen molar-refractivity contribution in [3.8, 4) is 0 Å². The molecule has 0 aromatic heterocycles. The molecule has 16 heavy (non-hydrogen) atoms. The quantitative estimate of drug-likeness (QED) is 0.582. The number of hydrogen-bond acceptors (Lipinski definition) is 2. The minimum absolute atomic E-state index is 0.0194. The Morgan fingerprint density at radius 2 is 1.81 bits per heavy atom. The fraction of sp³-hybridized carbons (Fsp3) is 0.917. The maximum atomic E-state index is 11.4. The Labute approximate surface area is 97.8 Å². The standard InChI is InChI=1S/C12H24N2O2/c15-10-6-2-1-5-9-13-12(16)14-11-7-3-4-8-11/h11,15H,1-10H2,(H2,13,14,16). The van der Waals surface area contributed by atoms with Gasteiger partial charge in [0.2, 0.25) is 0 Å². The molecular weight excluding hydrogens is 204 g/mol. The molecule has 0 aliphatic heterocycles. The van der Waals surface area contributed by atoms with Crippen LogP contribution in [0.2, 0.25) is 0 Å². The molecule has 4 heteroatoms. The van der Waals surface area contributed by atoms with E-state index in [0.29, 0.717) is 6.04 Å². The van der Waals surface area contributed by atoms with E-state index in [-0.39, 0.29) is 12.6 Å². The summed E-state index contributed by atoms with van der Waals surface area (Å²) in [6.45, 7) is 1.01. The minimum Gasteiger partial charge on any atom is -0.396 e. The maximum absolute atomic E-state index is 11.4. The highest BCUT2D eigenvalue weighted by Crippen LogP contribution is 2.17. The molecule has 1 saturated carbocycles. The predicted octanol–water partition coefficient (Wildman–Crippen LogP) is 1.78. The highest BCUT2D eigenvalue weighted by atomic mass is 16.2. The van der Waals surface area contributed by atoms with Gasteiger partial charge in [-0.25, -0.2) is 4.79 Å². The molecule has 0 radical (unpaired) electrons. The third-order valence-corrected chi connectivity index (χ3v) is 3.06. The maximum Gasteiger partial charge on any atom is 0.315 e. The monoisotopic (exact) mass is 228 g/mol. The lowest BCUT2D eigenvalue weighted by Gasteiger charge is -2.12. The lowest BCUT2D eigenvalue weighted by atomic mass is 10.2. The second kappa shape index (κ2) is 8.39. The Morgan fingerprint density at radius 1 is 1.12 bits per heavy atom. The lowest BCUT2D eigenvalue weighted by Crippen LogP contribution is -2.41. The number of nitrogens with one attached hydrogen (secondary N) is 2. The van der Waals surface area contributed by atoms with Crippen molar-refractivity contribution < 1.29 is 9.90 Å². The number of carbonyl (C=O) groups is 1. The third-order valence-electron chi connectivity index (χ3n) is 3.06. The first-order valence-corrected chi connectivity index (χ1v) is 6.48. The summed E-state index contributed by atoms with van der Waals surface area (Å²) in [4.78, 5) is 11.4. The van der Waals surface area contributed by atoms with Crippen LogP contribution in [-0.4, -0.2) is 30.3 Å². The Balaban J connectivity index is 1.89. The van der Waals surface area contributed by atoms with Crippen molar-refractivity contribution in [3.05, 3.63) is 0 Å². The number of amides is 2. The van der Waals surface area contributed by atoms with Gasteiger partial charge in [0.1, 0.15) is 0 Å². The zero-order valence-corrected chi connectivity index (χ0v) is 10.0. The van der Waals surface area contributed by atoms with Gasteiger partial charge >= 0.3 is 6.03 Å². The summed E-state index contributed by atoms with van der Waals surface area (Å²) in [7, 11) is 0. The van der Waals surface area contributed by atoms with E-state index in [2.05, 4.69) is 10.6 Å². The van der Waals surface area contributed by atoms with Crippen LogP contribution in [0.5, 0.6) is 0 Å². The van der Waals surface area contributed by atoms with Crippen molar-refractivity contribution >= 4 is 6.03 Å². The SMILES string of the molecule is O=C(NCCCCCCO)NC1CCCC1. The number of urea groups is 1. The average Bonchev–Trinajstić information content (AvgIpc) is 2.76. The number of unbranched alkanes of at least 4 members (excludes halogenated alkanes) is 3. The van der Waals surface area contributed by atoms with Gasteiger partial charge in [-0.15, -0.1) is 0 Å². The van der Waals surface area contributed by atoms with E-state index in [1.807, 2.05) is 0 Å². The topological polar surface area (TPSA) is 61.4 Å². The van der Waals surface area contributed by atoms with E-state index in [1.165, 1.54) is 12.8 Å². The van der Waals surface area contributed by atoms with Crippen molar-refractivity contribution in [1.29, 1.82) is 0 Å². The van der Waals surface area contributed by atoms with Gasteiger partial charge in [0.15, 0.2) is 0 Å². The summed E-state index contributed by atoms with van der Waals surface area (Å²) in [5.41, 5.74) is 0. The second-order valence-electron chi connectivity index (χ2n) is 4.52. The second-order valence-corrected chi connectivity index (χ2v) is 4.52. The van der Waals surface area contributed by atoms with Gasteiger partial charge < -0.3 is 15.7 Å². The van der Waals surface area contributed by atoms with Crippen molar-refractivity contribution in [2.24, 2.45) is 0 Å². The van der Waals surface area contributed by atoms with Crippen molar-refractivity contribution in [3.63, 3.8) is 0 Å². The summed E-state index contributed by atoms with van der Waals surface area (Å²) < 4.78 is 0. The molecule has 1 aliphatic carbocycles. The van der Waals surface area contributed by atoms with Gasteiger partial charge in [-0.3, -0.25) is 0 Å². The molecule has 0 atom stereocenters. The Kier molecular flexibility index (Phi) is 6.97. The van der Waals surface area contributed by atoms with Crippen LogP contribution >= 0.6 is 0 Å². The molecule has 2 amide bonds. The van der Waals surface area contributed by atoms with Crippen LogP contribution in [-0.2, 0) is 0 Å². The summed E-state index contributed by atoms with van der Waals surface area (Å²) >= 11 is 0. The van der Waals surface area contributed by atoms with Gasteiger partial charge in [-0.1, -0.05) is 25.7 Å². The number of aliphatic hydroxyl groups excluding tert-OH is 1. The molecule has 0 unspecified atom stereocenters. The molecular formula is C12H24N2O2. The zero-order chi connectivity index (χ0) is 11.6. The Morgan fingerprint density at radius 3 is 2.50 bits per heavy atom. The van der Waals surface area contributed by atoms with Crippen LogP contribution in [0.1, 0.15) is 51.4 Å². The van der Waals surface area contributed by atoms with Crippen LogP contribution in [0.3, 0.4) is 0 Å². The first-order valence-electron chi connectivity index (χ1n) is 6.48. The summed E-state index contributed by atoms with van der Waals surface area (Å²) in [5.74, 6) is 0. The molecule has 1 rings (SSSR count). The average molecular weight is 228 g/mol. The fourth-order valence-corrected chi connectivity index (χ4v) is 2.10. The van der Waals surface area contributed by atoms with Crippen molar-refractivity contribution in [2.45, 2.75) is 57.4 Å². The Hall–Kier alpha value is -0.770. The fourth-order valence-electron chi connectivity index (χ4n) is 2.10. The predicted molar refractivity (Wildman–Crippen MR) is 64.3 cm³/mol. The molecule has 0 spiro atoms. The smallest absolute Gasteiger partial charge is 0.315 e.